The maximum Gasteiger partial charge on any atom is 0.271 e. The quantitative estimate of drug-likeness (QED) is 0.579. The molecule has 0 saturated carbocycles. The summed E-state index contributed by atoms with van der Waals surface area (Å²) in [6.45, 7) is 1.94. The standard InChI is InChI=1S/C17H18ClN3O4/c1-11(12-4-3-5-13(18)8-12)19-10-17(22)20-15-9-14(21(23)24)6-7-16(15)25-2/h3-9,11,19H,10H2,1-2H3,(H,20,22)/t11-/m0/s1. The maximum atomic E-state index is 12.1. The van der Waals surface area contributed by atoms with Crippen LogP contribution < -0.4 is 15.4 Å². The van der Waals surface area contributed by atoms with E-state index in [1.54, 1.807) is 6.07 Å². The molecule has 0 radical (unpaired) electrons. The molecule has 132 valence electrons. The van der Waals surface area contributed by atoms with Gasteiger partial charge >= 0.3 is 0 Å². The Kier molecular flexibility index (Phi) is 6.32. The summed E-state index contributed by atoms with van der Waals surface area (Å²) in [7, 11) is 1.43. The van der Waals surface area contributed by atoms with Gasteiger partial charge in [-0.15, -0.1) is 0 Å². The number of ether oxygens (including phenoxy) is 1. The smallest absolute Gasteiger partial charge is 0.271 e. The summed E-state index contributed by atoms with van der Waals surface area (Å²) in [5.41, 5.74) is 1.07. The molecule has 2 rings (SSSR count). The van der Waals surface area contributed by atoms with Crippen LogP contribution in [0, 0.1) is 10.1 Å². The number of non-ortho nitro benzene ring substituents is 1. The van der Waals surface area contributed by atoms with Crippen molar-refractivity contribution in [1.82, 2.24) is 5.32 Å². The number of carbonyl (C=O) groups is 1. The molecule has 8 heteroatoms. The number of methoxy groups -OCH3 is 1. The lowest BCUT2D eigenvalue weighted by atomic mass is 10.1. The van der Waals surface area contributed by atoms with Gasteiger partial charge in [0.25, 0.3) is 5.69 Å². The van der Waals surface area contributed by atoms with Gasteiger partial charge in [0.1, 0.15) is 5.75 Å². The summed E-state index contributed by atoms with van der Waals surface area (Å²) in [6.07, 6.45) is 0. The first kappa shape index (κ1) is 18.7. The number of nitrogens with zero attached hydrogens (tertiary/aromatic N) is 1. The third-order valence-corrected chi connectivity index (χ3v) is 3.82. The number of halogens is 1. The molecule has 0 fully saturated rings. The molecule has 0 aromatic heterocycles. The molecular formula is C17H18ClN3O4. The molecule has 0 spiro atoms. The monoisotopic (exact) mass is 363 g/mol. The van der Waals surface area contributed by atoms with E-state index in [0.717, 1.165) is 5.56 Å². The lowest BCUT2D eigenvalue weighted by Gasteiger charge is -2.15. The Bertz CT molecular complexity index is 782. The van der Waals surface area contributed by atoms with E-state index in [2.05, 4.69) is 10.6 Å². The van der Waals surface area contributed by atoms with Crippen molar-refractivity contribution in [2.75, 3.05) is 19.0 Å². The van der Waals surface area contributed by atoms with Gasteiger partial charge in [-0.3, -0.25) is 14.9 Å². The number of amides is 1. The fraction of sp³-hybridized carbons (Fsp3) is 0.235. The molecule has 0 heterocycles. The normalized spacial score (nSPS) is 11.6. The van der Waals surface area contributed by atoms with Crippen LogP contribution in [0.3, 0.4) is 0 Å². The van der Waals surface area contributed by atoms with Gasteiger partial charge in [0.2, 0.25) is 5.91 Å². The van der Waals surface area contributed by atoms with Crippen molar-refractivity contribution in [1.29, 1.82) is 0 Å². The predicted molar refractivity (Wildman–Crippen MR) is 96.1 cm³/mol. The molecule has 0 aliphatic heterocycles. The number of rotatable bonds is 7. The minimum Gasteiger partial charge on any atom is -0.495 e. The van der Waals surface area contributed by atoms with Crippen molar-refractivity contribution >= 4 is 28.9 Å². The number of nitrogens with one attached hydrogen (secondary N) is 2. The van der Waals surface area contributed by atoms with Crippen molar-refractivity contribution in [2.45, 2.75) is 13.0 Å². The zero-order valence-electron chi connectivity index (χ0n) is 13.8. The number of hydrogen-bond acceptors (Lipinski definition) is 5. The SMILES string of the molecule is COc1ccc([N+](=O)[O-])cc1NC(=O)CN[C@@H](C)c1cccc(Cl)c1. The molecule has 2 aromatic carbocycles. The summed E-state index contributed by atoms with van der Waals surface area (Å²) >= 11 is 5.96. The number of benzene rings is 2. The minimum atomic E-state index is -0.533. The van der Waals surface area contributed by atoms with E-state index in [1.807, 2.05) is 25.1 Å². The number of hydrogen-bond donors (Lipinski definition) is 2. The van der Waals surface area contributed by atoms with Crippen LogP contribution >= 0.6 is 11.6 Å². The third kappa shape index (κ3) is 5.17. The summed E-state index contributed by atoms with van der Waals surface area (Å²) in [6, 6.07) is 11.3. The van der Waals surface area contributed by atoms with Crippen LogP contribution in [0.2, 0.25) is 5.02 Å². The highest BCUT2D eigenvalue weighted by Gasteiger charge is 2.14. The highest BCUT2D eigenvalue weighted by molar-refractivity contribution is 6.30. The zero-order valence-corrected chi connectivity index (χ0v) is 14.5. The van der Waals surface area contributed by atoms with Crippen molar-refractivity contribution in [2.24, 2.45) is 0 Å². The van der Waals surface area contributed by atoms with Crippen molar-refractivity contribution < 1.29 is 14.5 Å². The summed E-state index contributed by atoms with van der Waals surface area (Å²) in [4.78, 5) is 22.5. The molecule has 0 aliphatic rings. The molecular weight excluding hydrogens is 346 g/mol. The summed E-state index contributed by atoms with van der Waals surface area (Å²) in [5, 5.41) is 17.2. The lowest BCUT2D eigenvalue weighted by Crippen LogP contribution is -2.30. The van der Waals surface area contributed by atoms with E-state index in [9.17, 15) is 14.9 Å². The molecule has 1 atom stereocenters. The first-order chi connectivity index (χ1) is 11.9. The topological polar surface area (TPSA) is 93.5 Å². The Morgan fingerprint density at radius 2 is 2.08 bits per heavy atom. The lowest BCUT2D eigenvalue weighted by molar-refractivity contribution is -0.384. The Morgan fingerprint density at radius 3 is 2.72 bits per heavy atom. The van der Waals surface area contributed by atoms with Crippen LogP contribution in [-0.2, 0) is 4.79 Å². The molecule has 0 aliphatic carbocycles. The van der Waals surface area contributed by atoms with Crippen LogP contribution in [-0.4, -0.2) is 24.5 Å². The third-order valence-electron chi connectivity index (χ3n) is 3.59. The van der Waals surface area contributed by atoms with Crippen molar-refractivity contribution in [3.63, 3.8) is 0 Å². The van der Waals surface area contributed by atoms with E-state index < -0.39 is 4.92 Å². The van der Waals surface area contributed by atoms with Gasteiger partial charge in [0.15, 0.2) is 0 Å². The zero-order chi connectivity index (χ0) is 18.4. The van der Waals surface area contributed by atoms with Crippen LogP contribution in [0.1, 0.15) is 18.5 Å². The molecule has 7 nitrogen and oxygen atoms in total. The summed E-state index contributed by atoms with van der Waals surface area (Å²) < 4.78 is 5.12. The largest absolute Gasteiger partial charge is 0.495 e. The van der Waals surface area contributed by atoms with Gasteiger partial charge in [-0.2, -0.15) is 0 Å². The average molecular weight is 364 g/mol. The molecule has 0 bridgehead atoms. The maximum absolute atomic E-state index is 12.1. The van der Waals surface area contributed by atoms with Crippen LogP contribution in [0.25, 0.3) is 0 Å². The average Bonchev–Trinajstić information content (AvgIpc) is 2.59. The second-order valence-electron chi connectivity index (χ2n) is 5.35. The fourth-order valence-corrected chi connectivity index (χ4v) is 2.44. The Hall–Kier alpha value is -2.64. The summed E-state index contributed by atoms with van der Waals surface area (Å²) in [5.74, 6) is 0.00881. The van der Waals surface area contributed by atoms with Gasteiger partial charge in [0, 0.05) is 23.2 Å². The fourth-order valence-electron chi connectivity index (χ4n) is 2.24. The van der Waals surface area contributed by atoms with E-state index in [-0.39, 0.29) is 29.9 Å². The first-order valence-corrected chi connectivity index (χ1v) is 7.89. The Morgan fingerprint density at radius 1 is 1.32 bits per heavy atom. The molecule has 0 unspecified atom stereocenters. The van der Waals surface area contributed by atoms with E-state index >= 15 is 0 Å². The van der Waals surface area contributed by atoms with Crippen LogP contribution in [0.15, 0.2) is 42.5 Å². The highest BCUT2D eigenvalue weighted by atomic mass is 35.5. The second-order valence-corrected chi connectivity index (χ2v) is 5.78. The highest BCUT2D eigenvalue weighted by Crippen LogP contribution is 2.28. The minimum absolute atomic E-state index is 0.0273. The van der Waals surface area contributed by atoms with Gasteiger partial charge < -0.3 is 15.4 Å². The number of nitro benzene ring substituents is 1. The van der Waals surface area contributed by atoms with E-state index in [1.165, 1.54) is 25.3 Å². The Balaban J connectivity index is 2.00. The second kappa shape index (κ2) is 8.46. The molecule has 1 amide bonds. The van der Waals surface area contributed by atoms with E-state index in [0.29, 0.717) is 10.8 Å². The van der Waals surface area contributed by atoms with Gasteiger partial charge in [0.05, 0.1) is 24.3 Å². The van der Waals surface area contributed by atoms with Crippen LogP contribution in [0.4, 0.5) is 11.4 Å². The van der Waals surface area contributed by atoms with E-state index in [4.69, 9.17) is 16.3 Å². The first-order valence-electron chi connectivity index (χ1n) is 7.52. The van der Waals surface area contributed by atoms with Gasteiger partial charge in [-0.05, 0) is 30.7 Å². The number of anilines is 1. The van der Waals surface area contributed by atoms with Gasteiger partial charge in [-0.25, -0.2) is 0 Å². The van der Waals surface area contributed by atoms with Crippen LogP contribution in [0.5, 0.6) is 5.75 Å². The molecule has 25 heavy (non-hydrogen) atoms. The Labute approximate surface area is 150 Å². The molecule has 0 saturated heterocycles. The molecule has 2 N–H and O–H groups in total. The molecule has 2 aromatic rings. The number of carbonyl (C=O) groups excluding carboxylic acids is 1. The van der Waals surface area contributed by atoms with Gasteiger partial charge in [-0.1, -0.05) is 23.7 Å². The van der Waals surface area contributed by atoms with Crippen molar-refractivity contribution in [3.05, 3.63) is 63.2 Å². The predicted octanol–water partition coefficient (Wildman–Crippen LogP) is 3.55. The number of nitro groups is 1. The van der Waals surface area contributed by atoms with Crippen molar-refractivity contribution in [3.8, 4) is 5.75 Å².